The molecule has 0 radical (unpaired) electrons. The maximum Gasteiger partial charge on any atom is 0.191 e. The van der Waals surface area contributed by atoms with E-state index in [1.807, 2.05) is 7.05 Å². The molecule has 3 rings (SSSR count). The zero-order valence-electron chi connectivity index (χ0n) is 14.2. The van der Waals surface area contributed by atoms with Gasteiger partial charge in [-0.15, -0.1) is 24.0 Å². The average Bonchev–Trinajstić information content (AvgIpc) is 3.38. The first kappa shape index (κ1) is 18.5. The molecule has 1 aromatic rings. The van der Waals surface area contributed by atoms with Crippen molar-refractivity contribution in [3.05, 3.63) is 35.4 Å². The molecule has 1 aliphatic heterocycles. The largest absolute Gasteiger partial charge is 0.356 e. The summed E-state index contributed by atoms with van der Waals surface area (Å²) in [5, 5.41) is 6.90. The highest BCUT2D eigenvalue weighted by Gasteiger charge is 2.22. The Kier molecular flexibility index (Phi) is 7.14. The lowest BCUT2D eigenvalue weighted by atomic mass is 9.99. The summed E-state index contributed by atoms with van der Waals surface area (Å²) < 4.78 is 0. The lowest BCUT2D eigenvalue weighted by Gasteiger charge is -2.34. The molecular formula is C18H29IN4. The molecule has 1 fully saturated rings. The molecule has 2 N–H and O–H groups in total. The minimum Gasteiger partial charge on any atom is -0.356 e. The summed E-state index contributed by atoms with van der Waals surface area (Å²) in [6, 6.07) is 9.33. The van der Waals surface area contributed by atoms with Gasteiger partial charge < -0.3 is 10.6 Å². The van der Waals surface area contributed by atoms with Gasteiger partial charge in [0.25, 0.3) is 0 Å². The van der Waals surface area contributed by atoms with Gasteiger partial charge in [-0.1, -0.05) is 24.3 Å². The Hall–Kier alpha value is -0.820. The van der Waals surface area contributed by atoms with Crippen LogP contribution in [0, 0.1) is 5.92 Å². The first-order chi connectivity index (χ1) is 10.8. The van der Waals surface area contributed by atoms with Crippen LogP contribution in [0.3, 0.4) is 0 Å². The highest BCUT2D eigenvalue weighted by atomic mass is 127. The smallest absolute Gasteiger partial charge is 0.191 e. The molecule has 0 saturated heterocycles. The van der Waals surface area contributed by atoms with Crippen LogP contribution >= 0.6 is 24.0 Å². The van der Waals surface area contributed by atoms with Gasteiger partial charge in [0.15, 0.2) is 5.96 Å². The van der Waals surface area contributed by atoms with Crippen molar-refractivity contribution >= 4 is 29.9 Å². The van der Waals surface area contributed by atoms with Crippen molar-refractivity contribution in [2.45, 2.75) is 38.8 Å². The van der Waals surface area contributed by atoms with Gasteiger partial charge >= 0.3 is 0 Å². The van der Waals surface area contributed by atoms with E-state index in [-0.39, 0.29) is 24.0 Å². The van der Waals surface area contributed by atoms with Crippen LogP contribution in [0.4, 0.5) is 0 Å². The number of nitrogens with one attached hydrogen (secondary N) is 2. The van der Waals surface area contributed by atoms with Crippen molar-refractivity contribution in [3.8, 4) is 0 Å². The van der Waals surface area contributed by atoms with Gasteiger partial charge in [-0.25, -0.2) is 0 Å². The van der Waals surface area contributed by atoms with Crippen molar-refractivity contribution < 1.29 is 0 Å². The standard InChI is InChI=1S/C18H28N4.HI/c1-14(11-20-18(19-2)21-12-15-7-8-15)22-10-9-16-5-3-4-6-17(16)13-22;/h3-6,14-15H,7-13H2,1-2H3,(H2,19,20,21);1H. The number of guanidine groups is 1. The lowest BCUT2D eigenvalue weighted by molar-refractivity contribution is 0.191. The van der Waals surface area contributed by atoms with Crippen LogP contribution in [-0.4, -0.2) is 43.6 Å². The Morgan fingerprint density at radius 1 is 1.26 bits per heavy atom. The molecule has 2 aliphatic rings. The van der Waals surface area contributed by atoms with Gasteiger partial charge in [-0.2, -0.15) is 0 Å². The van der Waals surface area contributed by atoms with E-state index in [2.05, 4.69) is 51.7 Å². The second kappa shape index (κ2) is 8.87. The van der Waals surface area contributed by atoms with Crippen LogP contribution in [0.2, 0.25) is 0 Å². The molecule has 128 valence electrons. The first-order valence-corrected chi connectivity index (χ1v) is 8.51. The summed E-state index contributed by atoms with van der Waals surface area (Å²) in [6.07, 6.45) is 3.90. The van der Waals surface area contributed by atoms with Crippen LogP contribution in [-0.2, 0) is 13.0 Å². The molecule has 1 unspecified atom stereocenters. The molecular weight excluding hydrogens is 399 g/mol. The second-order valence-electron chi connectivity index (χ2n) is 6.62. The Morgan fingerprint density at radius 3 is 2.70 bits per heavy atom. The summed E-state index contributed by atoms with van der Waals surface area (Å²) in [5.41, 5.74) is 3.00. The van der Waals surface area contributed by atoms with E-state index in [4.69, 9.17) is 0 Å². The molecule has 0 spiro atoms. The van der Waals surface area contributed by atoms with Crippen molar-refractivity contribution in [1.29, 1.82) is 0 Å². The second-order valence-corrected chi connectivity index (χ2v) is 6.62. The van der Waals surface area contributed by atoms with Crippen LogP contribution in [0.15, 0.2) is 29.3 Å². The minimum absolute atomic E-state index is 0. The molecule has 0 aromatic heterocycles. The fourth-order valence-corrected chi connectivity index (χ4v) is 3.05. The third-order valence-corrected chi connectivity index (χ3v) is 4.83. The van der Waals surface area contributed by atoms with Crippen molar-refractivity contribution in [3.63, 3.8) is 0 Å². The number of rotatable bonds is 5. The number of halogens is 1. The third-order valence-electron chi connectivity index (χ3n) is 4.83. The molecule has 1 heterocycles. The molecule has 23 heavy (non-hydrogen) atoms. The van der Waals surface area contributed by atoms with Crippen LogP contribution in [0.25, 0.3) is 0 Å². The van der Waals surface area contributed by atoms with Gasteiger partial charge in [0.2, 0.25) is 0 Å². The van der Waals surface area contributed by atoms with Gasteiger partial charge in [-0.05, 0) is 43.2 Å². The Morgan fingerprint density at radius 2 is 2.00 bits per heavy atom. The van der Waals surface area contributed by atoms with Crippen molar-refractivity contribution in [2.75, 3.05) is 26.7 Å². The van der Waals surface area contributed by atoms with Crippen molar-refractivity contribution in [2.24, 2.45) is 10.9 Å². The van der Waals surface area contributed by atoms with Crippen molar-refractivity contribution in [1.82, 2.24) is 15.5 Å². The molecule has 1 atom stereocenters. The molecule has 1 aliphatic carbocycles. The molecule has 4 nitrogen and oxygen atoms in total. The van der Waals surface area contributed by atoms with Gasteiger partial charge in [0.1, 0.15) is 0 Å². The Bertz CT molecular complexity index is 528. The quantitative estimate of drug-likeness (QED) is 0.431. The SMILES string of the molecule is CN=C(NCC1CC1)NCC(C)N1CCc2ccccc2C1.I. The average molecular weight is 428 g/mol. The Balaban J connectivity index is 0.00000192. The maximum absolute atomic E-state index is 4.32. The van der Waals surface area contributed by atoms with E-state index in [1.54, 1.807) is 0 Å². The van der Waals surface area contributed by atoms with E-state index in [1.165, 1.54) is 24.0 Å². The molecule has 5 heteroatoms. The first-order valence-electron chi connectivity index (χ1n) is 8.51. The fraction of sp³-hybridized carbons (Fsp3) is 0.611. The van der Waals surface area contributed by atoms with E-state index in [0.717, 1.165) is 44.5 Å². The van der Waals surface area contributed by atoms with Crippen LogP contribution < -0.4 is 10.6 Å². The summed E-state index contributed by atoms with van der Waals surface area (Å²) in [4.78, 5) is 6.88. The summed E-state index contributed by atoms with van der Waals surface area (Å²) in [6.45, 7) is 6.51. The number of hydrogen-bond acceptors (Lipinski definition) is 2. The van der Waals surface area contributed by atoms with E-state index in [9.17, 15) is 0 Å². The number of hydrogen-bond donors (Lipinski definition) is 2. The zero-order valence-corrected chi connectivity index (χ0v) is 16.5. The van der Waals surface area contributed by atoms with Crippen LogP contribution in [0.1, 0.15) is 30.9 Å². The highest BCUT2D eigenvalue weighted by molar-refractivity contribution is 14.0. The van der Waals surface area contributed by atoms with Gasteiger partial charge in [-0.3, -0.25) is 9.89 Å². The summed E-state index contributed by atoms with van der Waals surface area (Å²) in [7, 11) is 1.85. The summed E-state index contributed by atoms with van der Waals surface area (Å²) in [5.74, 6) is 1.81. The minimum atomic E-state index is 0. The predicted octanol–water partition coefficient (Wildman–Crippen LogP) is 2.63. The number of benzene rings is 1. The lowest BCUT2D eigenvalue weighted by Crippen LogP contribution is -2.47. The fourth-order valence-electron chi connectivity index (χ4n) is 3.05. The topological polar surface area (TPSA) is 39.7 Å². The summed E-state index contributed by atoms with van der Waals surface area (Å²) >= 11 is 0. The van der Waals surface area contributed by atoms with E-state index in [0.29, 0.717) is 6.04 Å². The zero-order chi connectivity index (χ0) is 15.4. The molecule has 0 amide bonds. The Labute approximate surface area is 157 Å². The van der Waals surface area contributed by atoms with Gasteiger partial charge in [0.05, 0.1) is 0 Å². The van der Waals surface area contributed by atoms with E-state index >= 15 is 0 Å². The molecule has 0 bridgehead atoms. The maximum atomic E-state index is 4.32. The predicted molar refractivity (Wildman–Crippen MR) is 108 cm³/mol. The van der Waals surface area contributed by atoms with Crippen LogP contribution in [0.5, 0.6) is 0 Å². The highest BCUT2D eigenvalue weighted by Crippen LogP contribution is 2.27. The van der Waals surface area contributed by atoms with E-state index < -0.39 is 0 Å². The number of nitrogens with zero attached hydrogens (tertiary/aromatic N) is 2. The number of fused-ring (bicyclic) bond motifs is 1. The molecule has 1 saturated carbocycles. The monoisotopic (exact) mass is 428 g/mol. The third kappa shape index (κ3) is 5.35. The number of aliphatic imine (C=N–C) groups is 1. The van der Waals surface area contributed by atoms with Gasteiger partial charge in [0, 0.05) is 39.3 Å². The normalized spacial score (nSPS) is 19.5. The molecule has 1 aromatic carbocycles.